The molecule has 2 unspecified atom stereocenters. The highest BCUT2D eigenvalue weighted by molar-refractivity contribution is 5.27. The third kappa shape index (κ3) is 1.39. The van der Waals surface area contributed by atoms with Crippen LogP contribution in [-0.2, 0) is 6.42 Å². The van der Waals surface area contributed by atoms with E-state index < -0.39 is 0 Å². The quantitative estimate of drug-likeness (QED) is 0.788. The maximum Gasteiger partial charge on any atom is 0.123 e. The van der Waals surface area contributed by atoms with E-state index in [2.05, 4.69) is 0 Å². The molecule has 2 fully saturated rings. The molecule has 2 aliphatic carbocycles. The highest BCUT2D eigenvalue weighted by Gasteiger charge is 2.62. The van der Waals surface area contributed by atoms with Crippen molar-refractivity contribution in [3.05, 3.63) is 35.6 Å². The topological polar surface area (TPSA) is 26.0 Å². The molecule has 0 heterocycles. The lowest BCUT2D eigenvalue weighted by Gasteiger charge is -2.15. The van der Waals surface area contributed by atoms with Crippen LogP contribution >= 0.6 is 0 Å². The molecule has 0 radical (unpaired) electrons. The SMILES string of the molecule is NC1(Cc2ccc(F)cc2)C2CCCC21. The third-order valence-electron chi connectivity index (χ3n) is 4.21. The van der Waals surface area contributed by atoms with Gasteiger partial charge in [-0.25, -0.2) is 4.39 Å². The molecule has 0 saturated heterocycles. The minimum Gasteiger partial charge on any atom is -0.324 e. The number of benzene rings is 1. The van der Waals surface area contributed by atoms with Gasteiger partial charge in [-0.15, -0.1) is 0 Å². The van der Waals surface area contributed by atoms with Gasteiger partial charge in [0.15, 0.2) is 0 Å². The summed E-state index contributed by atoms with van der Waals surface area (Å²) in [4.78, 5) is 0. The van der Waals surface area contributed by atoms with E-state index in [0.717, 1.165) is 18.3 Å². The van der Waals surface area contributed by atoms with Crippen LogP contribution < -0.4 is 5.73 Å². The van der Waals surface area contributed by atoms with Gasteiger partial charge >= 0.3 is 0 Å². The van der Waals surface area contributed by atoms with E-state index in [0.29, 0.717) is 0 Å². The Morgan fingerprint density at radius 1 is 1.20 bits per heavy atom. The van der Waals surface area contributed by atoms with Gasteiger partial charge in [-0.3, -0.25) is 0 Å². The van der Waals surface area contributed by atoms with Crippen LogP contribution in [0.2, 0.25) is 0 Å². The number of fused-ring (bicyclic) bond motifs is 1. The van der Waals surface area contributed by atoms with E-state index >= 15 is 0 Å². The first-order valence-corrected chi connectivity index (χ1v) is 5.73. The van der Waals surface area contributed by atoms with Crippen molar-refractivity contribution in [2.24, 2.45) is 17.6 Å². The molecule has 3 rings (SSSR count). The van der Waals surface area contributed by atoms with E-state index in [-0.39, 0.29) is 11.4 Å². The van der Waals surface area contributed by atoms with Crippen LogP contribution in [0, 0.1) is 17.7 Å². The first-order chi connectivity index (χ1) is 7.20. The van der Waals surface area contributed by atoms with Crippen LogP contribution in [0.15, 0.2) is 24.3 Å². The van der Waals surface area contributed by atoms with Gasteiger partial charge in [0.1, 0.15) is 5.82 Å². The zero-order valence-corrected chi connectivity index (χ0v) is 8.75. The van der Waals surface area contributed by atoms with Crippen LogP contribution in [0.1, 0.15) is 24.8 Å². The molecule has 0 spiro atoms. The van der Waals surface area contributed by atoms with E-state index in [1.54, 1.807) is 0 Å². The summed E-state index contributed by atoms with van der Waals surface area (Å²) in [7, 11) is 0. The van der Waals surface area contributed by atoms with Gasteiger partial charge in [0, 0.05) is 5.54 Å². The predicted octanol–water partition coefficient (Wildman–Crippen LogP) is 2.50. The zero-order chi connectivity index (χ0) is 10.5. The van der Waals surface area contributed by atoms with Gasteiger partial charge in [0.25, 0.3) is 0 Å². The van der Waals surface area contributed by atoms with Crippen LogP contribution in [-0.4, -0.2) is 5.54 Å². The fourth-order valence-electron chi connectivity index (χ4n) is 3.34. The molecule has 0 aromatic heterocycles. The summed E-state index contributed by atoms with van der Waals surface area (Å²) in [6, 6.07) is 6.77. The van der Waals surface area contributed by atoms with Crippen molar-refractivity contribution >= 4 is 0 Å². The maximum absolute atomic E-state index is 12.7. The Hall–Kier alpha value is -0.890. The van der Waals surface area contributed by atoms with Gasteiger partial charge in [-0.2, -0.15) is 0 Å². The van der Waals surface area contributed by atoms with Crippen molar-refractivity contribution in [2.45, 2.75) is 31.2 Å². The maximum atomic E-state index is 12.7. The molecule has 1 nitrogen and oxygen atoms in total. The molecule has 15 heavy (non-hydrogen) atoms. The molecule has 80 valence electrons. The molecule has 2 saturated carbocycles. The summed E-state index contributed by atoms with van der Waals surface area (Å²) in [5.74, 6) is 1.31. The van der Waals surface area contributed by atoms with Crippen molar-refractivity contribution in [3.63, 3.8) is 0 Å². The zero-order valence-electron chi connectivity index (χ0n) is 8.75. The molecule has 1 aromatic carbocycles. The molecule has 0 bridgehead atoms. The Bertz CT molecular complexity index is 361. The Labute approximate surface area is 89.5 Å². The number of rotatable bonds is 2. The standard InChI is InChI=1S/C13H16FN/c14-10-6-4-9(5-7-10)8-13(15)11-2-1-3-12(11)13/h4-7,11-12H,1-3,8,15H2. The highest BCUT2D eigenvalue weighted by Crippen LogP contribution is 2.60. The second-order valence-electron chi connectivity index (χ2n) is 5.06. The average molecular weight is 205 g/mol. The average Bonchev–Trinajstić information content (AvgIpc) is 2.67. The highest BCUT2D eigenvalue weighted by atomic mass is 19.1. The summed E-state index contributed by atoms with van der Waals surface area (Å²) < 4.78 is 12.7. The van der Waals surface area contributed by atoms with Crippen LogP contribution in [0.4, 0.5) is 4.39 Å². The van der Waals surface area contributed by atoms with E-state index in [1.165, 1.54) is 37.0 Å². The molecule has 2 N–H and O–H groups in total. The Morgan fingerprint density at radius 3 is 2.40 bits per heavy atom. The summed E-state index contributed by atoms with van der Waals surface area (Å²) in [5.41, 5.74) is 7.58. The molecule has 1 aromatic rings. The van der Waals surface area contributed by atoms with Crippen molar-refractivity contribution in [1.29, 1.82) is 0 Å². The lowest BCUT2D eigenvalue weighted by molar-refractivity contribution is 0.501. The third-order valence-corrected chi connectivity index (χ3v) is 4.21. The molecule has 0 amide bonds. The van der Waals surface area contributed by atoms with Crippen molar-refractivity contribution < 1.29 is 4.39 Å². The second-order valence-corrected chi connectivity index (χ2v) is 5.06. The first-order valence-electron chi connectivity index (χ1n) is 5.73. The Morgan fingerprint density at radius 2 is 1.80 bits per heavy atom. The monoisotopic (exact) mass is 205 g/mol. The predicted molar refractivity (Wildman–Crippen MR) is 57.9 cm³/mol. The minimum atomic E-state index is -0.166. The Kier molecular flexibility index (Phi) is 1.90. The Balaban J connectivity index is 1.74. The molecule has 2 aliphatic rings. The largest absolute Gasteiger partial charge is 0.324 e. The van der Waals surface area contributed by atoms with E-state index in [4.69, 9.17) is 5.73 Å². The first kappa shape index (κ1) is 9.34. The van der Waals surface area contributed by atoms with Gasteiger partial charge in [-0.1, -0.05) is 18.6 Å². The fourth-order valence-corrected chi connectivity index (χ4v) is 3.34. The lowest BCUT2D eigenvalue weighted by atomic mass is 9.97. The fraction of sp³-hybridized carbons (Fsp3) is 0.538. The molecule has 2 atom stereocenters. The van der Waals surface area contributed by atoms with Crippen molar-refractivity contribution in [3.8, 4) is 0 Å². The van der Waals surface area contributed by atoms with Crippen LogP contribution in [0.25, 0.3) is 0 Å². The summed E-state index contributed by atoms with van der Waals surface area (Å²) in [5, 5.41) is 0. The minimum absolute atomic E-state index is 0.0378. The summed E-state index contributed by atoms with van der Waals surface area (Å²) >= 11 is 0. The normalized spacial score (nSPS) is 37.7. The van der Waals surface area contributed by atoms with Crippen molar-refractivity contribution in [2.75, 3.05) is 0 Å². The number of hydrogen-bond acceptors (Lipinski definition) is 1. The van der Waals surface area contributed by atoms with E-state index in [9.17, 15) is 4.39 Å². The van der Waals surface area contributed by atoms with E-state index in [1.807, 2.05) is 12.1 Å². The number of nitrogens with two attached hydrogens (primary N) is 1. The summed E-state index contributed by atoms with van der Waals surface area (Å²) in [6.45, 7) is 0. The van der Waals surface area contributed by atoms with Gasteiger partial charge in [-0.05, 0) is 48.8 Å². The molecule has 2 heteroatoms. The summed E-state index contributed by atoms with van der Waals surface area (Å²) in [6.07, 6.45) is 4.85. The van der Waals surface area contributed by atoms with Crippen molar-refractivity contribution in [1.82, 2.24) is 0 Å². The van der Waals surface area contributed by atoms with Crippen LogP contribution in [0.5, 0.6) is 0 Å². The number of hydrogen-bond donors (Lipinski definition) is 1. The van der Waals surface area contributed by atoms with Gasteiger partial charge in [0.2, 0.25) is 0 Å². The van der Waals surface area contributed by atoms with Gasteiger partial charge in [0.05, 0.1) is 0 Å². The molecular formula is C13H16FN. The second kappa shape index (κ2) is 3.05. The molecule has 0 aliphatic heterocycles. The molecular weight excluding hydrogens is 189 g/mol. The number of halogens is 1. The smallest absolute Gasteiger partial charge is 0.123 e. The lowest BCUT2D eigenvalue weighted by Crippen LogP contribution is -2.31. The van der Waals surface area contributed by atoms with Gasteiger partial charge < -0.3 is 5.73 Å². The van der Waals surface area contributed by atoms with Crippen LogP contribution in [0.3, 0.4) is 0 Å².